The Balaban J connectivity index is 1.67. The normalized spacial score (nSPS) is 14.0. The second-order valence-electron chi connectivity index (χ2n) is 5.42. The van der Waals surface area contributed by atoms with E-state index < -0.39 is 0 Å². The second-order valence-corrected chi connectivity index (χ2v) is 5.42. The molecule has 0 saturated carbocycles. The van der Waals surface area contributed by atoms with Gasteiger partial charge in [-0.15, -0.1) is 0 Å². The minimum Gasteiger partial charge on any atom is -0.454 e. The van der Waals surface area contributed by atoms with Crippen molar-refractivity contribution in [2.45, 2.75) is 39.9 Å². The molecule has 4 nitrogen and oxygen atoms in total. The molecule has 0 radical (unpaired) electrons. The molecule has 0 aromatic heterocycles. The summed E-state index contributed by atoms with van der Waals surface area (Å²) >= 11 is 0. The van der Waals surface area contributed by atoms with Gasteiger partial charge in [0.05, 0.1) is 25.9 Å². The van der Waals surface area contributed by atoms with Crippen LogP contribution in [0.2, 0.25) is 0 Å². The Bertz CT molecular complexity index is 480. The average molecular weight is 292 g/mol. The van der Waals surface area contributed by atoms with Gasteiger partial charge in [-0.05, 0) is 44.9 Å². The maximum atomic E-state index is 5.66. The zero-order valence-electron chi connectivity index (χ0n) is 13.1. The van der Waals surface area contributed by atoms with E-state index in [1.807, 2.05) is 32.0 Å². The van der Waals surface area contributed by atoms with Crippen molar-refractivity contribution in [1.29, 1.82) is 0 Å². The molecule has 0 N–H and O–H groups in total. The van der Waals surface area contributed by atoms with Crippen LogP contribution in [0.1, 0.15) is 32.8 Å². The molecule has 0 bridgehead atoms. The highest BCUT2D eigenvalue weighted by atomic mass is 16.7. The highest BCUT2D eigenvalue weighted by Gasteiger charge is 2.12. The van der Waals surface area contributed by atoms with Crippen LogP contribution in [0.5, 0.6) is 11.5 Å². The molecule has 1 heterocycles. The van der Waals surface area contributed by atoms with E-state index in [0.717, 1.165) is 30.1 Å². The van der Waals surface area contributed by atoms with E-state index in [9.17, 15) is 0 Å². The Morgan fingerprint density at radius 1 is 1.29 bits per heavy atom. The molecular formula is C17H24O4. The standard InChI is InChI=1S/C17H24O4/c1-13(2)19-9-7-14(3)6-8-18-11-15-4-5-16-17(10-15)21-12-20-16/h4-6,10,13H,7-9,11-12H2,1-3H3/b14-6+. The first-order valence-electron chi connectivity index (χ1n) is 7.38. The SMILES string of the molecule is C/C(=C\COCc1ccc2c(c1)OCO2)CCOC(C)C. The van der Waals surface area contributed by atoms with Crippen molar-refractivity contribution in [2.24, 2.45) is 0 Å². The summed E-state index contributed by atoms with van der Waals surface area (Å²) in [6.45, 7) is 8.46. The van der Waals surface area contributed by atoms with Crippen LogP contribution >= 0.6 is 0 Å². The third-order valence-corrected chi connectivity index (χ3v) is 3.20. The molecule has 0 atom stereocenters. The zero-order chi connectivity index (χ0) is 15.1. The third-order valence-electron chi connectivity index (χ3n) is 3.20. The quantitative estimate of drug-likeness (QED) is 0.541. The van der Waals surface area contributed by atoms with Crippen LogP contribution in [-0.4, -0.2) is 26.1 Å². The molecule has 2 rings (SSSR count). The van der Waals surface area contributed by atoms with Gasteiger partial charge < -0.3 is 18.9 Å². The lowest BCUT2D eigenvalue weighted by Crippen LogP contribution is -2.04. The van der Waals surface area contributed by atoms with E-state index in [2.05, 4.69) is 13.0 Å². The Morgan fingerprint density at radius 3 is 2.90 bits per heavy atom. The van der Waals surface area contributed by atoms with Crippen molar-refractivity contribution >= 4 is 0 Å². The monoisotopic (exact) mass is 292 g/mol. The number of rotatable bonds is 8. The van der Waals surface area contributed by atoms with Crippen molar-refractivity contribution in [3.63, 3.8) is 0 Å². The Labute approximate surface area is 126 Å². The van der Waals surface area contributed by atoms with E-state index >= 15 is 0 Å². The fourth-order valence-corrected chi connectivity index (χ4v) is 1.97. The molecule has 0 aliphatic carbocycles. The van der Waals surface area contributed by atoms with E-state index in [0.29, 0.717) is 26.1 Å². The topological polar surface area (TPSA) is 36.9 Å². The first-order chi connectivity index (χ1) is 10.1. The van der Waals surface area contributed by atoms with Crippen LogP contribution < -0.4 is 9.47 Å². The fourth-order valence-electron chi connectivity index (χ4n) is 1.97. The minimum absolute atomic E-state index is 0.292. The molecule has 1 aliphatic heterocycles. The Kier molecular flexibility index (Phi) is 6.08. The summed E-state index contributed by atoms with van der Waals surface area (Å²) < 4.78 is 21.8. The largest absolute Gasteiger partial charge is 0.454 e. The van der Waals surface area contributed by atoms with Crippen LogP contribution in [0.15, 0.2) is 29.8 Å². The highest BCUT2D eigenvalue weighted by molar-refractivity contribution is 5.44. The van der Waals surface area contributed by atoms with Gasteiger partial charge in [0.15, 0.2) is 11.5 Å². The lowest BCUT2D eigenvalue weighted by atomic mass is 10.2. The van der Waals surface area contributed by atoms with Gasteiger partial charge in [0.2, 0.25) is 6.79 Å². The van der Waals surface area contributed by atoms with E-state index in [-0.39, 0.29) is 0 Å². The molecule has 0 spiro atoms. The van der Waals surface area contributed by atoms with Crippen LogP contribution in [0.3, 0.4) is 0 Å². The van der Waals surface area contributed by atoms with Crippen molar-refractivity contribution < 1.29 is 18.9 Å². The lowest BCUT2D eigenvalue weighted by molar-refractivity contribution is 0.0811. The van der Waals surface area contributed by atoms with Gasteiger partial charge >= 0.3 is 0 Å². The maximum absolute atomic E-state index is 5.66. The molecule has 0 amide bonds. The molecule has 4 heteroatoms. The molecule has 116 valence electrons. The van der Waals surface area contributed by atoms with Crippen LogP contribution in [0, 0.1) is 0 Å². The van der Waals surface area contributed by atoms with Crippen LogP contribution in [0.4, 0.5) is 0 Å². The summed E-state index contributed by atoms with van der Waals surface area (Å²) in [5.41, 5.74) is 2.38. The summed E-state index contributed by atoms with van der Waals surface area (Å²) in [6, 6.07) is 5.89. The third kappa shape index (κ3) is 5.40. The smallest absolute Gasteiger partial charge is 0.231 e. The summed E-state index contributed by atoms with van der Waals surface area (Å²) in [7, 11) is 0. The molecule has 0 saturated heterocycles. The van der Waals surface area contributed by atoms with Gasteiger partial charge in [0, 0.05) is 0 Å². The van der Waals surface area contributed by atoms with Crippen LogP contribution in [-0.2, 0) is 16.1 Å². The first-order valence-corrected chi connectivity index (χ1v) is 7.38. The van der Waals surface area contributed by atoms with Gasteiger partial charge in [-0.25, -0.2) is 0 Å². The Morgan fingerprint density at radius 2 is 2.10 bits per heavy atom. The van der Waals surface area contributed by atoms with Crippen molar-refractivity contribution in [3.8, 4) is 11.5 Å². The molecule has 1 aliphatic rings. The van der Waals surface area contributed by atoms with Crippen LogP contribution in [0.25, 0.3) is 0 Å². The summed E-state index contributed by atoms with van der Waals surface area (Å²) in [5.74, 6) is 1.60. The number of fused-ring (bicyclic) bond motifs is 1. The Hall–Kier alpha value is -1.52. The van der Waals surface area contributed by atoms with Crippen molar-refractivity contribution in [1.82, 2.24) is 0 Å². The van der Waals surface area contributed by atoms with E-state index in [1.165, 1.54) is 5.57 Å². The molecular weight excluding hydrogens is 268 g/mol. The predicted molar refractivity (Wildman–Crippen MR) is 81.7 cm³/mol. The van der Waals surface area contributed by atoms with Gasteiger partial charge in [0.1, 0.15) is 0 Å². The lowest BCUT2D eigenvalue weighted by Gasteiger charge is -2.07. The van der Waals surface area contributed by atoms with Crippen molar-refractivity contribution in [3.05, 3.63) is 35.4 Å². The molecule has 0 unspecified atom stereocenters. The minimum atomic E-state index is 0.292. The van der Waals surface area contributed by atoms with Gasteiger partial charge in [0.25, 0.3) is 0 Å². The average Bonchev–Trinajstić information content (AvgIpc) is 2.90. The predicted octanol–water partition coefficient (Wildman–Crippen LogP) is 3.69. The number of hydrogen-bond donors (Lipinski definition) is 0. The second kappa shape index (κ2) is 8.05. The maximum Gasteiger partial charge on any atom is 0.231 e. The molecule has 21 heavy (non-hydrogen) atoms. The first kappa shape index (κ1) is 15.9. The van der Waals surface area contributed by atoms with E-state index in [4.69, 9.17) is 18.9 Å². The number of ether oxygens (including phenoxy) is 4. The van der Waals surface area contributed by atoms with Gasteiger partial charge in [-0.1, -0.05) is 17.7 Å². The number of benzene rings is 1. The summed E-state index contributed by atoms with van der Waals surface area (Å²) in [4.78, 5) is 0. The fraction of sp³-hybridized carbons (Fsp3) is 0.529. The van der Waals surface area contributed by atoms with Gasteiger partial charge in [-0.3, -0.25) is 0 Å². The summed E-state index contributed by atoms with van der Waals surface area (Å²) in [5, 5.41) is 0. The highest BCUT2D eigenvalue weighted by Crippen LogP contribution is 2.32. The van der Waals surface area contributed by atoms with Gasteiger partial charge in [-0.2, -0.15) is 0 Å². The molecule has 0 fully saturated rings. The molecule has 1 aromatic rings. The summed E-state index contributed by atoms with van der Waals surface area (Å²) in [6.07, 6.45) is 3.35. The van der Waals surface area contributed by atoms with Crippen molar-refractivity contribution in [2.75, 3.05) is 20.0 Å². The molecule has 1 aromatic carbocycles. The number of hydrogen-bond acceptors (Lipinski definition) is 4. The zero-order valence-corrected chi connectivity index (χ0v) is 13.1. The van der Waals surface area contributed by atoms with E-state index in [1.54, 1.807) is 0 Å².